The zero-order valence-corrected chi connectivity index (χ0v) is 48.6. The minimum absolute atomic E-state index is 0.0779. The molecule has 1 saturated carbocycles. The molecule has 26 nitrogen and oxygen atoms in total. The highest BCUT2D eigenvalue weighted by atomic mass is 16.7. The minimum atomic E-state index is -1.95. The second kappa shape index (κ2) is 28.7. The van der Waals surface area contributed by atoms with Gasteiger partial charge < -0.3 is 89.8 Å². The van der Waals surface area contributed by atoms with Crippen LogP contribution in [-0.4, -0.2) is 208 Å². The van der Waals surface area contributed by atoms with Gasteiger partial charge in [-0.1, -0.05) is 12.1 Å². The van der Waals surface area contributed by atoms with Crippen molar-refractivity contribution in [3.63, 3.8) is 0 Å². The van der Waals surface area contributed by atoms with E-state index in [1.54, 1.807) is 113 Å². The first-order valence-electron chi connectivity index (χ1n) is 26.9. The highest BCUT2D eigenvalue weighted by molar-refractivity contribution is 6.21. The van der Waals surface area contributed by atoms with E-state index >= 15 is 0 Å². The predicted molar refractivity (Wildman–Crippen MR) is 287 cm³/mol. The van der Waals surface area contributed by atoms with E-state index in [-0.39, 0.29) is 50.7 Å². The Bertz CT molecular complexity index is 2280. The molecule has 1 fully saturated rings. The third-order valence-electron chi connectivity index (χ3n) is 12.2. The molecule has 9 N–H and O–H groups in total. The topological polar surface area (TPSA) is 341 Å². The summed E-state index contributed by atoms with van der Waals surface area (Å²) in [6, 6.07) is 1.73. The average Bonchev–Trinajstić information content (AvgIpc) is 3.60. The molecule has 0 spiro atoms. The van der Waals surface area contributed by atoms with Gasteiger partial charge >= 0.3 is 24.4 Å². The molecule has 1 aromatic carbocycles. The molecular formula is C54H87N7O19. The summed E-state index contributed by atoms with van der Waals surface area (Å²) in [5.41, 5.74) is -3.05. The van der Waals surface area contributed by atoms with Crippen molar-refractivity contribution < 1.29 is 91.9 Å². The molecule has 0 unspecified atom stereocenters. The molecule has 3 aliphatic rings. The zero-order chi connectivity index (χ0) is 60.1. The number of nitrogens with one attached hydrogen (secondary N) is 5. The lowest BCUT2D eigenvalue weighted by molar-refractivity contribution is -0.276. The van der Waals surface area contributed by atoms with Crippen LogP contribution in [0.5, 0.6) is 0 Å². The number of rotatable bonds is 23. The van der Waals surface area contributed by atoms with Crippen LogP contribution in [0, 0.1) is 0 Å². The Kier molecular flexibility index (Phi) is 23.9. The molecule has 452 valence electrons. The van der Waals surface area contributed by atoms with Gasteiger partial charge in [0.2, 0.25) is 12.2 Å². The van der Waals surface area contributed by atoms with E-state index in [0.29, 0.717) is 29.9 Å². The monoisotopic (exact) mass is 1140 g/mol. The summed E-state index contributed by atoms with van der Waals surface area (Å²) in [6.07, 6.45) is -14.0. The number of nitrogens with zero attached hydrogens (tertiary/aromatic N) is 2. The van der Waals surface area contributed by atoms with Crippen LogP contribution in [-0.2, 0) is 42.7 Å². The van der Waals surface area contributed by atoms with Crippen molar-refractivity contribution in [2.75, 3.05) is 46.4 Å². The summed E-state index contributed by atoms with van der Waals surface area (Å²) in [5.74, 6) is -1.46. The third-order valence-corrected chi connectivity index (χ3v) is 12.2. The van der Waals surface area contributed by atoms with Crippen molar-refractivity contribution in [1.29, 1.82) is 0 Å². The number of amides is 7. The van der Waals surface area contributed by atoms with Gasteiger partial charge in [0, 0.05) is 20.1 Å². The van der Waals surface area contributed by atoms with Crippen molar-refractivity contribution in [2.45, 2.75) is 205 Å². The molecule has 0 saturated heterocycles. The van der Waals surface area contributed by atoms with Crippen LogP contribution in [0.4, 0.5) is 19.2 Å². The third kappa shape index (κ3) is 20.9. The van der Waals surface area contributed by atoms with Crippen LogP contribution in [0.1, 0.15) is 136 Å². The van der Waals surface area contributed by atoms with Gasteiger partial charge in [-0.3, -0.25) is 19.3 Å². The van der Waals surface area contributed by atoms with Crippen molar-refractivity contribution in [2.24, 2.45) is 0 Å². The van der Waals surface area contributed by atoms with Crippen LogP contribution in [0.15, 0.2) is 36.1 Å². The van der Waals surface area contributed by atoms with E-state index in [1.165, 1.54) is 18.9 Å². The second-order valence-corrected chi connectivity index (χ2v) is 23.8. The summed E-state index contributed by atoms with van der Waals surface area (Å²) >= 11 is 0. The smallest absolute Gasteiger partial charge is 0.410 e. The van der Waals surface area contributed by atoms with Crippen LogP contribution in [0.25, 0.3) is 0 Å². The van der Waals surface area contributed by atoms with Gasteiger partial charge in [0.1, 0.15) is 58.7 Å². The molecule has 11 atom stereocenters. The highest BCUT2D eigenvalue weighted by Gasteiger charge is 2.51. The van der Waals surface area contributed by atoms with E-state index < -0.39 is 133 Å². The lowest BCUT2D eigenvalue weighted by Crippen LogP contribution is -2.68. The average molecular weight is 1140 g/mol. The van der Waals surface area contributed by atoms with Gasteiger partial charge in [0.05, 0.1) is 55.1 Å². The molecule has 4 rings (SSSR count). The van der Waals surface area contributed by atoms with E-state index in [0.717, 1.165) is 4.90 Å². The molecule has 2 heterocycles. The van der Waals surface area contributed by atoms with Crippen molar-refractivity contribution >= 4 is 42.1 Å². The van der Waals surface area contributed by atoms with Gasteiger partial charge in [-0.2, -0.15) is 0 Å². The number of carbonyl (C=O) groups is 7. The first kappa shape index (κ1) is 66.6. The van der Waals surface area contributed by atoms with Crippen LogP contribution >= 0.6 is 0 Å². The van der Waals surface area contributed by atoms with Crippen molar-refractivity contribution in [3.8, 4) is 0 Å². The van der Waals surface area contributed by atoms with Crippen LogP contribution < -0.4 is 26.6 Å². The van der Waals surface area contributed by atoms with Gasteiger partial charge in [0.25, 0.3) is 11.8 Å². The van der Waals surface area contributed by atoms with Gasteiger partial charge in [-0.15, -0.1) is 0 Å². The molecule has 0 aromatic heterocycles. The Morgan fingerprint density at radius 2 is 1.30 bits per heavy atom. The summed E-state index contributed by atoms with van der Waals surface area (Å²) in [5, 5.41) is 59.6. The molecular weight excluding hydrogens is 1050 g/mol. The molecule has 1 aliphatic carbocycles. The number of imide groups is 1. The fourth-order valence-electron chi connectivity index (χ4n) is 8.47. The SMILES string of the molecule is C[C@@H]([C@@H](O)[C@H](OCCO)O[C@@H]1[C@@H](O)[C@H](O[C@H]2OC(CNCCCN3C(=O)c4ccccc4C3=O)=CC[C@H]2NC(=O)OC(C)(C)C)[C@@H](NC(=O)OC(C)(C)C)C[C@H]1NC(=O)[C@@H](O)CCNC(=O)OC(C)(C)C)N(C)C(=O)OC(C)(C)C. The maximum Gasteiger partial charge on any atom is 0.410 e. The number of likely N-dealkylation sites (N-methyl/N-ethyl adjacent to an activating group) is 1. The number of hydrogen-bond acceptors (Lipinski definition) is 20. The molecule has 26 heteroatoms. The van der Waals surface area contributed by atoms with Crippen LogP contribution in [0.2, 0.25) is 0 Å². The number of benzene rings is 1. The standard InChI is InChI=1S/C54H87N7O19/c1-30(60(14)50(72)80-54(11,12)13)38(64)46(73-27-26-62)76-40-35(57-42(66)37(63)22-24-56-47(69)77-51(2,3)4)28-36(59-49(71)79-53(8,9)10)41(39(40)65)75-45-34(58-48(70)78-52(5,6)7)21-20-31(74-45)29-55-23-17-25-61-43(67)32-18-15-16-19-33(32)44(61)68/h15-16,18-20,30,34-41,45-46,55,62-65H,17,21-29H2,1-14H3,(H,56,69)(H,57,66)(H,58,70)(H,59,71)/t30-,34+,35+,36-,37-,38+,39+,40-,41+,45+,46+/m0/s1. The number of carbonyl (C=O) groups excluding carboxylic acids is 7. The Morgan fingerprint density at radius 3 is 1.85 bits per heavy atom. The number of ether oxygens (including phenoxy) is 8. The first-order chi connectivity index (χ1) is 37.1. The Hall–Kier alpha value is -5.87. The van der Waals surface area contributed by atoms with Crippen molar-refractivity contribution in [3.05, 3.63) is 47.2 Å². The van der Waals surface area contributed by atoms with Gasteiger partial charge in [-0.25, -0.2) is 19.2 Å². The summed E-state index contributed by atoms with van der Waals surface area (Å²) < 4.78 is 47.3. The molecule has 2 aliphatic heterocycles. The second-order valence-electron chi connectivity index (χ2n) is 23.8. The molecule has 80 heavy (non-hydrogen) atoms. The maximum absolute atomic E-state index is 13.9. The van der Waals surface area contributed by atoms with Crippen LogP contribution in [0.3, 0.4) is 0 Å². The summed E-state index contributed by atoms with van der Waals surface area (Å²) in [6.45, 7) is 20.6. The number of fused-ring (bicyclic) bond motifs is 1. The maximum atomic E-state index is 13.9. The Labute approximate surface area is 468 Å². The highest BCUT2D eigenvalue weighted by Crippen LogP contribution is 2.32. The number of hydrogen-bond donors (Lipinski definition) is 9. The lowest BCUT2D eigenvalue weighted by atomic mass is 9.83. The summed E-state index contributed by atoms with van der Waals surface area (Å²) in [4.78, 5) is 94.8. The molecule has 0 radical (unpaired) electrons. The molecule has 0 bridgehead atoms. The number of aliphatic hydroxyl groups is 4. The fourth-order valence-corrected chi connectivity index (χ4v) is 8.47. The summed E-state index contributed by atoms with van der Waals surface area (Å²) in [7, 11) is 1.36. The fraction of sp³-hybridized carbons (Fsp3) is 0.722. The van der Waals surface area contributed by atoms with Gasteiger partial charge in [-0.05, 0) is 140 Å². The van der Waals surface area contributed by atoms with Crippen molar-refractivity contribution in [1.82, 2.24) is 36.4 Å². The van der Waals surface area contributed by atoms with E-state index in [9.17, 15) is 54.0 Å². The quantitative estimate of drug-likeness (QED) is 0.0329. The Morgan fingerprint density at radius 1 is 0.762 bits per heavy atom. The van der Waals surface area contributed by atoms with E-state index in [1.807, 2.05) is 0 Å². The van der Waals surface area contributed by atoms with E-state index in [4.69, 9.17) is 37.9 Å². The predicted octanol–water partition coefficient (Wildman–Crippen LogP) is 2.93. The number of alkyl carbamates (subject to hydrolysis) is 3. The number of aliphatic hydroxyl groups excluding tert-OH is 4. The van der Waals surface area contributed by atoms with Gasteiger partial charge in [0.15, 0.2) is 6.29 Å². The van der Waals surface area contributed by atoms with E-state index in [2.05, 4.69) is 26.6 Å². The molecule has 7 amide bonds. The minimum Gasteiger partial charge on any atom is -0.466 e. The lowest BCUT2D eigenvalue weighted by Gasteiger charge is -2.47. The largest absolute Gasteiger partial charge is 0.466 e. The molecule has 1 aromatic rings. The first-order valence-corrected chi connectivity index (χ1v) is 26.9. The Balaban J connectivity index is 1.71. The normalized spacial score (nSPS) is 23.0. The zero-order valence-electron chi connectivity index (χ0n) is 48.6.